The molecule has 0 aromatic heterocycles. The van der Waals surface area contributed by atoms with Gasteiger partial charge in [0.25, 0.3) is 0 Å². The van der Waals surface area contributed by atoms with Gasteiger partial charge in [-0.2, -0.15) is 0 Å². The van der Waals surface area contributed by atoms with Gasteiger partial charge < -0.3 is 25.2 Å². The maximum Gasteiger partial charge on any atom is 0.202 e. The second-order valence-corrected chi connectivity index (χ2v) is 7.27. The molecule has 0 aromatic carbocycles. The van der Waals surface area contributed by atoms with E-state index in [-0.39, 0.29) is 12.2 Å². The molecule has 1 rings (SSSR count). The Labute approximate surface area is 151 Å². The number of hydrogen-bond acceptors (Lipinski definition) is 6. The van der Waals surface area contributed by atoms with Gasteiger partial charge in [0.1, 0.15) is 24.1 Å². The van der Waals surface area contributed by atoms with E-state index in [0.717, 1.165) is 19.3 Å². The zero-order chi connectivity index (χ0) is 18.7. The lowest BCUT2D eigenvalue weighted by atomic mass is 9.97. The predicted octanol–water partition coefficient (Wildman–Crippen LogP) is 2.06. The highest BCUT2D eigenvalue weighted by Crippen LogP contribution is 2.32. The van der Waals surface area contributed by atoms with Gasteiger partial charge in [0.2, 0.25) is 5.79 Å². The molecule has 0 saturated carbocycles. The number of Topliss-reactive ketones (excluding diaryl/α,β-unsaturated/α-hetero) is 1. The number of carbonyl (C=O) groups excluding carboxylic acids is 1. The average Bonchev–Trinajstić information content (AvgIpc) is 2.80. The zero-order valence-electron chi connectivity index (χ0n) is 15.5. The molecule has 1 saturated heterocycles. The minimum absolute atomic E-state index is 0.202. The molecule has 1 aliphatic rings. The van der Waals surface area contributed by atoms with E-state index >= 15 is 0 Å². The van der Waals surface area contributed by atoms with Crippen LogP contribution in [0.25, 0.3) is 0 Å². The van der Waals surface area contributed by atoms with Crippen molar-refractivity contribution in [1.82, 2.24) is 0 Å². The van der Waals surface area contributed by atoms with Crippen LogP contribution in [0.2, 0.25) is 0 Å². The molecule has 4 atom stereocenters. The van der Waals surface area contributed by atoms with Gasteiger partial charge in [0, 0.05) is 6.42 Å². The van der Waals surface area contributed by atoms with Gasteiger partial charge >= 0.3 is 0 Å². The Kier molecular flexibility index (Phi) is 10.8. The Hall–Kier alpha value is -0.530. The molecule has 6 heteroatoms. The van der Waals surface area contributed by atoms with Crippen LogP contribution in [-0.4, -0.2) is 56.9 Å². The Morgan fingerprint density at radius 2 is 1.48 bits per heavy atom. The van der Waals surface area contributed by atoms with Gasteiger partial charge in [-0.3, -0.25) is 4.79 Å². The van der Waals surface area contributed by atoms with Crippen LogP contribution >= 0.6 is 0 Å². The van der Waals surface area contributed by atoms with Crippen LogP contribution in [0.1, 0.15) is 84.0 Å². The summed E-state index contributed by atoms with van der Waals surface area (Å²) in [7, 11) is 0. The number of aliphatic hydroxyl groups excluding tert-OH is 3. The first-order valence-electron chi connectivity index (χ1n) is 9.83. The molecule has 0 radical (unpaired) electrons. The Morgan fingerprint density at radius 3 is 1.96 bits per heavy atom. The number of ketones is 1. The van der Waals surface area contributed by atoms with E-state index in [2.05, 4.69) is 6.92 Å². The van der Waals surface area contributed by atoms with Crippen LogP contribution in [0.3, 0.4) is 0 Å². The first kappa shape index (κ1) is 22.5. The molecule has 1 fully saturated rings. The fourth-order valence-corrected chi connectivity index (χ4v) is 3.34. The largest absolute Gasteiger partial charge is 0.394 e. The molecule has 148 valence electrons. The standard InChI is InChI=1S/C19H36O6/c1-2-3-4-5-6-7-8-9-10-11-12-15(21)13-19(24)18(23)17(22)16(14-20)25-19/h16-18,20,22-24H,2-14H2,1H3/t16-,17+,18-,19-/m1/s1. The highest BCUT2D eigenvalue weighted by atomic mass is 16.7. The number of unbranched alkanes of at least 4 members (excludes halogenated alkanes) is 9. The molecular weight excluding hydrogens is 324 g/mol. The van der Waals surface area contributed by atoms with Crippen molar-refractivity contribution >= 4 is 5.78 Å². The fraction of sp³-hybridized carbons (Fsp3) is 0.947. The van der Waals surface area contributed by atoms with Crippen molar-refractivity contribution in [3.8, 4) is 0 Å². The van der Waals surface area contributed by atoms with Crippen LogP contribution < -0.4 is 0 Å². The van der Waals surface area contributed by atoms with Gasteiger partial charge in [-0.1, -0.05) is 64.7 Å². The maximum atomic E-state index is 12.0. The molecular formula is C19H36O6. The molecule has 0 bridgehead atoms. The van der Waals surface area contributed by atoms with E-state index in [1.54, 1.807) is 0 Å². The summed E-state index contributed by atoms with van der Waals surface area (Å²) in [6, 6.07) is 0. The summed E-state index contributed by atoms with van der Waals surface area (Å²) in [5.41, 5.74) is 0. The smallest absolute Gasteiger partial charge is 0.202 e. The molecule has 1 heterocycles. The highest BCUT2D eigenvalue weighted by Gasteiger charge is 2.53. The first-order valence-corrected chi connectivity index (χ1v) is 9.83. The Balaban J connectivity index is 2.09. The summed E-state index contributed by atoms with van der Waals surface area (Å²) in [6.45, 7) is 1.69. The van der Waals surface area contributed by atoms with Crippen LogP contribution in [0.15, 0.2) is 0 Å². The zero-order valence-corrected chi connectivity index (χ0v) is 15.5. The van der Waals surface area contributed by atoms with E-state index in [4.69, 9.17) is 9.84 Å². The predicted molar refractivity (Wildman–Crippen MR) is 95.0 cm³/mol. The van der Waals surface area contributed by atoms with Gasteiger partial charge in [0.05, 0.1) is 13.0 Å². The third kappa shape index (κ3) is 7.71. The van der Waals surface area contributed by atoms with Crippen LogP contribution in [0, 0.1) is 0 Å². The van der Waals surface area contributed by atoms with Crippen LogP contribution in [0.5, 0.6) is 0 Å². The molecule has 0 amide bonds. The summed E-state index contributed by atoms with van der Waals surface area (Å²) in [5, 5.41) is 38.7. The van der Waals surface area contributed by atoms with E-state index < -0.39 is 30.7 Å². The fourth-order valence-electron chi connectivity index (χ4n) is 3.34. The molecule has 0 spiro atoms. The molecule has 25 heavy (non-hydrogen) atoms. The quantitative estimate of drug-likeness (QED) is 0.353. The number of carbonyl (C=O) groups is 1. The summed E-state index contributed by atoms with van der Waals surface area (Å²) in [6.07, 6.45) is 7.73. The van der Waals surface area contributed by atoms with E-state index in [1.807, 2.05) is 0 Å². The van der Waals surface area contributed by atoms with Gasteiger partial charge in [-0.25, -0.2) is 0 Å². The van der Waals surface area contributed by atoms with E-state index in [1.165, 1.54) is 44.9 Å². The highest BCUT2D eigenvalue weighted by molar-refractivity contribution is 5.79. The summed E-state index contributed by atoms with van der Waals surface area (Å²) in [4.78, 5) is 12.0. The monoisotopic (exact) mass is 360 g/mol. The Bertz CT molecular complexity index is 375. The molecule has 6 nitrogen and oxygen atoms in total. The van der Waals surface area contributed by atoms with Crippen molar-refractivity contribution in [3.63, 3.8) is 0 Å². The SMILES string of the molecule is CCCCCCCCCCCCC(=O)C[C@@]1(O)O[C@H](CO)[C@H](O)[C@H]1O. The lowest BCUT2D eigenvalue weighted by molar-refractivity contribution is -0.231. The maximum absolute atomic E-state index is 12.0. The minimum atomic E-state index is -2.09. The second kappa shape index (κ2) is 12.0. The van der Waals surface area contributed by atoms with Gasteiger partial charge in [-0.05, 0) is 6.42 Å². The number of rotatable bonds is 14. The normalized spacial score (nSPS) is 29.2. The minimum Gasteiger partial charge on any atom is -0.394 e. The lowest BCUT2D eigenvalue weighted by Gasteiger charge is -2.25. The van der Waals surface area contributed by atoms with Crippen molar-refractivity contribution in [3.05, 3.63) is 0 Å². The topological polar surface area (TPSA) is 107 Å². The van der Waals surface area contributed by atoms with E-state index in [9.17, 15) is 20.1 Å². The average molecular weight is 360 g/mol. The second-order valence-electron chi connectivity index (χ2n) is 7.27. The third-order valence-corrected chi connectivity index (χ3v) is 4.96. The van der Waals surface area contributed by atoms with Crippen LogP contribution in [-0.2, 0) is 9.53 Å². The Morgan fingerprint density at radius 1 is 0.960 bits per heavy atom. The molecule has 0 aliphatic carbocycles. The van der Waals surface area contributed by atoms with Crippen molar-refractivity contribution in [1.29, 1.82) is 0 Å². The van der Waals surface area contributed by atoms with Crippen molar-refractivity contribution in [2.24, 2.45) is 0 Å². The van der Waals surface area contributed by atoms with Crippen molar-refractivity contribution < 1.29 is 30.0 Å². The third-order valence-electron chi connectivity index (χ3n) is 4.96. The van der Waals surface area contributed by atoms with Gasteiger partial charge in [-0.15, -0.1) is 0 Å². The van der Waals surface area contributed by atoms with E-state index in [0.29, 0.717) is 6.42 Å². The lowest BCUT2D eigenvalue weighted by Crippen LogP contribution is -2.44. The van der Waals surface area contributed by atoms with Crippen molar-refractivity contribution in [2.75, 3.05) is 6.61 Å². The molecule has 4 N–H and O–H groups in total. The van der Waals surface area contributed by atoms with Crippen LogP contribution in [0.4, 0.5) is 0 Å². The van der Waals surface area contributed by atoms with Gasteiger partial charge in [0.15, 0.2) is 0 Å². The van der Waals surface area contributed by atoms with Crippen molar-refractivity contribution in [2.45, 2.75) is 108 Å². The molecule has 0 unspecified atom stereocenters. The molecule has 1 aliphatic heterocycles. The summed E-state index contributed by atoms with van der Waals surface area (Å²) >= 11 is 0. The summed E-state index contributed by atoms with van der Waals surface area (Å²) in [5.74, 6) is -2.30. The summed E-state index contributed by atoms with van der Waals surface area (Å²) < 4.78 is 5.08. The number of hydrogen-bond donors (Lipinski definition) is 4. The molecule has 0 aromatic rings. The first-order chi connectivity index (χ1) is 11.9. The number of ether oxygens (including phenoxy) is 1. The number of aliphatic hydroxyl groups is 4.